The number of rotatable bonds is 5. The highest BCUT2D eigenvalue weighted by atomic mass is 16.2. The number of piperazine rings is 1. The Kier molecular flexibility index (Phi) is 5.04. The Morgan fingerprint density at radius 3 is 2.74 bits per heavy atom. The highest BCUT2D eigenvalue weighted by Crippen LogP contribution is 2.15. The minimum atomic E-state index is -0.140. The number of H-pyrrole nitrogens is 1. The first-order chi connectivity index (χ1) is 15.2. The van der Waals surface area contributed by atoms with Crippen molar-refractivity contribution in [2.45, 2.75) is 6.54 Å². The van der Waals surface area contributed by atoms with Gasteiger partial charge in [0.15, 0.2) is 5.82 Å². The number of benzene rings is 1. The minimum absolute atomic E-state index is 0.0287. The topological polar surface area (TPSA) is 105 Å². The molecule has 0 radical (unpaired) electrons. The lowest BCUT2D eigenvalue weighted by atomic mass is 10.1. The lowest BCUT2D eigenvalue weighted by molar-refractivity contribution is 0.0631. The maximum Gasteiger partial charge on any atom is 0.266 e. The average Bonchev–Trinajstić information content (AvgIpc) is 3.50. The van der Waals surface area contributed by atoms with Crippen molar-refractivity contribution in [2.24, 2.45) is 0 Å². The van der Waals surface area contributed by atoms with Crippen LogP contribution in [0.15, 0.2) is 59.9 Å². The number of carbonyl (C=O) groups excluding carboxylic acids is 1. The first-order valence-electron chi connectivity index (χ1n) is 10.2. The summed E-state index contributed by atoms with van der Waals surface area (Å²) < 4.78 is 3.09. The van der Waals surface area contributed by atoms with Crippen LogP contribution in [0, 0.1) is 0 Å². The molecule has 1 fully saturated rings. The van der Waals surface area contributed by atoms with Crippen molar-refractivity contribution in [3.63, 3.8) is 0 Å². The molecule has 4 aromatic rings. The van der Waals surface area contributed by atoms with Gasteiger partial charge in [-0.2, -0.15) is 5.10 Å². The molecule has 1 aliphatic rings. The van der Waals surface area contributed by atoms with Gasteiger partial charge < -0.3 is 9.88 Å². The Morgan fingerprint density at radius 1 is 1.06 bits per heavy atom. The van der Waals surface area contributed by atoms with Gasteiger partial charge in [0.1, 0.15) is 0 Å². The van der Waals surface area contributed by atoms with E-state index in [-0.39, 0.29) is 11.5 Å². The predicted molar refractivity (Wildman–Crippen MR) is 114 cm³/mol. The normalized spacial score (nSPS) is 14.9. The Bertz CT molecular complexity index is 1250. The fourth-order valence-electron chi connectivity index (χ4n) is 3.79. The summed E-state index contributed by atoms with van der Waals surface area (Å²) in [6, 6.07) is 10.5. The van der Waals surface area contributed by atoms with Crippen molar-refractivity contribution in [1.82, 2.24) is 39.3 Å². The number of nitrogens with zero attached hydrogens (tertiary/aromatic N) is 7. The summed E-state index contributed by atoms with van der Waals surface area (Å²) in [5.41, 5.74) is 2.23. The fraction of sp³-hybridized carbons (Fsp3) is 0.286. The molecule has 0 atom stereocenters. The molecule has 0 unspecified atom stereocenters. The van der Waals surface area contributed by atoms with Crippen molar-refractivity contribution in [3.8, 4) is 5.82 Å². The van der Waals surface area contributed by atoms with Crippen molar-refractivity contribution in [1.29, 1.82) is 0 Å². The molecular formula is C21H22N8O2. The largest absolute Gasteiger partial charge is 0.345 e. The lowest BCUT2D eigenvalue weighted by Crippen LogP contribution is -2.49. The molecule has 10 heteroatoms. The van der Waals surface area contributed by atoms with Gasteiger partial charge in [0.05, 0.1) is 23.9 Å². The van der Waals surface area contributed by atoms with E-state index in [2.05, 4.69) is 25.1 Å². The maximum atomic E-state index is 12.9. The molecule has 0 saturated carbocycles. The number of amides is 1. The second kappa shape index (κ2) is 8.15. The predicted octanol–water partition coefficient (Wildman–Crippen LogP) is 0.763. The summed E-state index contributed by atoms with van der Waals surface area (Å²) in [5, 5.41) is 8.56. The van der Waals surface area contributed by atoms with Gasteiger partial charge in [0.2, 0.25) is 0 Å². The molecule has 3 aromatic heterocycles. The molecule has 4 heterocycles. The van der Waals surface area contributed by atoms with Crippen LogP contribution in [-0.2, 0) is 6.54 Å². The zero-order valence-electron chi connectivity index (χ0n) is 16.9. The number of imidazole rings is 1. The van der Waals surface area contributed by atoms with E-state index < -0.39 is 0 Å². The average molecular weight is 418 g/mol. The second-order valence-electron chi connectivity index (χ2n) is 7.47. The van der Waals surface area contributed by atoms with E-state index in [1.807, 2.05) is 29.2 Å². The molecule has 31 heavy (non-hydrogen) atoms. The third kappa shape index (κ3) is 3.97. The number of nitrogens with one attached hydrogen (secondary N) is 1. The minimum Gasteiger partial charge on any atom is -0.345 e. The summed E-state index contributed by atoms with van der Waals surface area (Å²) in [4.78, 5) is 36.4. The number of hydrogen-bond acceptors (Lipinski definition) is 6. The van der Waals surface area contributed by atoms with Gasteiger partial charge in [-0.15, -0.1) is 5.10 Å². The molecule has 0 bridgehead atoms. The standard InChI is InChI=1S/C21H22N8O2/c30-20-5-4-19(28-7-1-6-24-28)25-29(20)13-10-26-8-11-27(12-9-26)21(31)16-2-3-17-18(14-16)23-15-22-17/h1-7,14-15H,8-13H2,(H,22,23). The lowest BCUT2D eigenvalue weighted by Gasteiger charge is -2.34. The quantitative estimate of drug-likeness (QED) is 0.513. The number of fused-ring (bicyclic) bond motifs is 1. The van der Waals surface area contributed by atoms with E-state index in [9.17, 15) is 9.59 Å². The smallest absolute Gasteiger partial charge is 0.266 e. The van der Waals surface area contributed by atoms with E-state index in [1.165, 1.54) is 10.7 Å². The molecule has 0 spiro atoms. The summed E-state index contributed by atoms with van der Waals surface area (Å²) in [6.45, 7) is 3.98. The van der Waals surface area contributed by atoms with Gasteiger partial charge in [0, 0.05) is 56.7 Å². The second-order valence-corrected chi connectivity index (χ2v) is 7.47. The number of hydrogen-bond donors (Lipinski definition) is 1. The van der Waals surface area contributed by atoms with Gasteiger partial charge in [-0.3, -0.25) is 14.5 Å². The summed E-state index contributed by atoms with van der Waals surface area (Å²) in [6.07, 6.45) is 5.09. The molecule has 1 saturated heterocycles. The van der Waals surface area contributed by atoms with Gasteiger partial charge in [-0.25, -0.2) is 14.3 Å². The molecule has 1 N–H and O–H groups in total. The Balaban J connectivity index is 1.18. The van der Waals surface area contributed by atoms with Crippen LogP contribution in [0.1, 0.15) is 10.4 Å². The van der Waals surface area contributed by atoms with Crippen molar-refractivity contribution >= 4 is 16.9 Å². The third-order valence-electron chi connectivity index (χ3n) is 5.55. The van der Waals surface area contributed by atoms with E-state index in [1.54, 1.807) is 29.5 Å². The van der Waals surface area contributed by atoms with Gasteiger partial charge in [-0.05, 0) is 30.3 Å². The zero-order chi connectivity index (χ0) is 21.2. The van der Waals surface area contributed by atoms with Crippen LogP contribution in [0.3, 0.4) is 0 Å². The molecular weight excluding hydrogens is 396 g/mol. The molecule has 1 aliphatic heterocycles. The van der Waals surface area contributed by atoms with Gasteiger partial charge in [-0.1, -0.05) is 0 Å². The van der Waals surface area contributed by atoms with E-state index in [0.717, 1.165) is 24.1 Å². The zero-order valence-corrected chi connectivity index (χ0v) is 16.9. The molecule has 158 valence electrons. The molecule has 0 aliphatic carbocycles. The number of aromatic nitrogens is 6. The van der Waals surface area contributed by atoms with Crippen molar-refractivity contribution in [2.75, 3.05) is 32.7 Å². The molecule has 1 amide bonds. The Labute approximate surface area is 177 Å². The van der Waals surface area contributed by atoms with Gasteiger partial charge in [0.25, 0.3) is 11.5 Å². The summed E-state index contributed by atoms with van der Waals surface area (Å²) in [7, 11) is 0. The Hall–Kier alpha value is -3.79. The van der Waals surface area contributed by atoms with Crippen LogP contribution in [0.4, 0.5) is 0 Å². The van der Waals surface area contributed by atoms with Gasteiger partial charge >= 0.3 is 0 Å². The number of carbonyl (C=O) groups is 1. The highest BCUT2D eigenvalue weighted by Gasteiger charge is 2.22. The van der Waals surface area contributed by atoms with Crippen LogP contribution >= 0.6 is 0 Å². The monoisotopic (exact) mass is 418 g/mol. The number of aromatic amines is 1. The SMILES string of the molecule is O=C(c1ccc2nc[nH]c2c1)N1CCN(CCn2nc(-n3cccn3)ccc2=O)CC1. The highest BCUT2D eigenvalue weighted by molar-refractivity contribution is 5.97. The maximum absolute atomic E-state index is 12.9. The Morgan fingerprint density at radius 2 is 1.94 bits per heavy atom. The van der Waals surface area contributed by atoms with Crippen LogP contribution < -0.4 is 5.56 Å². The van der Waals surface area contributed by atoms with E-state index >= 15 is 0 Å². The third-order valence-corrected chi connectivity index (χ3v) is 5.55. The van der Waals surface area contributed by atoms with Crippen LogP contribution in [0.2, 0.25) is 0 Å². The first kappa shape index (κ1) is 19.2. The summed E-state index contributed by atoms with van der Waals surface area (Å²) in [5.74, 6) is 0.634. The molecule has 5 rings (SSSR count). The van der Waals surface area contributed by atoms with E-state index in [4.69, 9.17) is 0 Å². The van der Waals surface area contributed by atoms with Crippen LogP contribution in [0.25, 0.3) is 16.9 Å². The first-order valence-corrected chi connectivity index (χ1v) is 10.2. The molecule has 1 aromatic carbocycles. The van der Waals surface area contributed by atoms with E-state index in [0.29, 0.717) is 37.6 Å². The fourth-order valence-corrected chi connectivity index (χ4v) is 3.79. The van der Waals surface area contributed by atoms with Crippen molar-refractivity contribution in [3.05, 3.63) is 71.0 Å². The molecule has 10 nitrogen and oxygen atoms in total. The van der Waals surface area contributed by atoms with Crippen LogP contribution in [-0.4, -0.2) is 78.0 Å². The summed E-state index contributed by atoms with van der Waals surface area (Å²) >= 11 is 0. The van der Waals surface area contributed by atoms with Crippen molar-refractivity contribution < 1.29 is 4.79 Å². The van der Waals surface area contributed by atoms with Crippen LogP contribution in [0.5, 0.6) is 0 Å².